The molecule has 0 bridgehead atoms. The van der Waals surface area contributed by atoms with Gasteiger partial charge >= 0.3 is 5.97 Å². The van der Waals surface area contributed by atoms with E-state index in [4.69, 9.17) is 4.74 Å². The minimum atomic E-state index is -0.634. The lowest BCUT2D eigenvalue weighted by atomic mass is 9.71. The van der Waals surface area contributed by atoms with Crippen LogP contribution in [0.5, 0.6) is 0 Å². The molecule has 0 heterocycles. The summed E-state index contributed by atoms with van der Waals surface area (Å²) in [7, 11) is 0. The van der Waals surface area contributed by atoms with Crippen LogP contribution in [0.15, 0.2) is 0 Å². The molecule has 0 radical (unpaired) electrons. The maximum atomic E-state index is 12.3. The van der Waals surface area contributed by atoms with Gasteiger partial charge in [-0.05, 0) is 58.8 Å². The van der Waals surface area contributed by atoms with Crippen LogP contribution in [0.1, 0.15) is 67.2 Å². The number of ether oxygens (including phenoxy) is 1. The van der Waals surface area contributed by atoms with Crippen molar-refractivity contribution in [3.8, 4) is 0 Å². The standard InChI is InChI=1S/C16H28O3/c1-11(14(18)19-15(2,3)4)13(17)12-7-9-16(5,6)10-8-12/h11-12H,7-10H2,1-6H3. The van der Waals surface area contributed by atoms with Gasteiger partial charge in [-0.2, -0.15) is 0 Å². The van der Waals surface area contributed by atoms with Crippen LogP contribution in [-0.2, 0) is 14.3 Å². The monoisotopic (exact) mass is 268 g/mol. The van der Waals surface area contributed by atoms with Crippen molar-refractivity contribution in [2.24, 2.45) is 17.3 Å². The molecule has 0 N–H and O–H groups in total. The molecule has 3 nitrogen and oxygen atoms in total. The fourth-order valence-corrected chi connectivity index (χ4v) is 2.54. The van der Waals surface area contributed by atoms with Crippen LogP contribution in [0, 0.1) is 17.3 Å². The summed E-state index contributed by atoms with van der Waals surface area (Å²) in [6.45, 7) is 11.6. The van der Waals surface area contributed by atoms with E-state index in [1.54, 1.807) is 6.92 Å². The van der Waals surface area contributed by atoms with Crippen LogP contribution >= 0.6 is 0 Å². The third-order valence-electron chi connectivity index (χ3n) is 3.93. The second kappa shape index (κ2) is 5.64. The van der Waals surface area contributed by atoms with Crippen molar-refractivity contribution in [1.82, 2.24) is 0 Å². The first kappa shape index (κ1) is 16.2. The van der Waals surface area contributed by atoms with E-state index in [0.717, 1.165) is 25.7 Å². The summed E-state index contributed by atoms with van der Waals surface area (Å²) >= 11 is 0. The van der Waals surface area contributed by atoms with Crippen molar-refractivity contribution >= 4 is 11.8 Å². The maximum Gasteiger partial charge on any atom is 0.316 e. The lowest BCUT2D eigenvalue weighted by Gasteiger charge is -2.34. The summed E-state index contributed by atoms with van der Waals surface area (Å²) in [6.07, 6.45) is 3.92. The van der Waals surface area contributed by atoms with Crippen molar-refractivity contribution in [2.75, 3.05) is 0 Å². The molecule has 1 saturated carbocycles. The van der Waals surface area contributed by atoms with E-state index < -0.39 is 11.5 Å². The molecule has 1 aliphatic rings. The highest BCUT2D eigenvalue weighted by Gasteiger charge is 2.36. The lowest BCUT2D eigenvalue weighted by molar-refractivity contribution is -0.162. The predicted molar refractivity (Wildman–Crippen MR) is 75.8 cm³/mol. The average molecular weight is 268 g/mol. The van der Waals surface area contributed by atoms with E-state index in [2.05, 4.69) is 13.8 Å². The molecule has 0 saturated heterocycles. The average Bonchev–Trinajstić information content (AvgIpc) is 2.24. The quantitative estimate of drug-likeness (QED) is 0.578. The van der Waals surface area contributed by atoms with E-state index in [-0.39, 0.29) is 17.7 Å². The molecule has 110 valence electrons. The summed E-state index contributed by atoms with van der Waals surface area (Å²) < 4.78 is 5.29. The molecule has 0 amide bonds. The van der Waals surface area contributed by atoms with Crippen LogP contribution in [0.3, 0.4) is 0 Å². The minimum Gasteiger partial charge on any atom is -0.459 e. The predicted octanol–water partition coefficient (Wildman–Crippen LogP) is 3.75. The molecule has 1 unspecified atom stereocenters. The first-order valence-corrected chi connectivity index (χ1v) is 7.28. The molecular weight excluding hydrogens is 240 g/mol. The zero-order valence-electron chi connectivity index (χ0n) is 13.2. The van der Waals surface area contributed by atoms with Crippen molar-refractivity contribution in [2.45, 2.75) is 72.8 Å². The summed E-state index contributed by atoms with van der Waals surface area (Å²) in [5, 5.41) is 0. The molecule has 1 fully saturated rings. The molecule has 0 aromatic rings. The number of hydrogen-bond donors (Lipinski definition) is 0. The summed E-state index contributed by atoms with van der Waals surface area (Å²) in [4.78, 5) is 24.3. The second-order valence-corrected chi connectivity index (χ2v) is 7.60. The van der Waals surface area contributed by atoms with Crippen molar-refractivity contribution in [1.29, 1.82) is 0 Å². The Kier molecular flexibility index (Phi) is 4.81. The van der Waals surface area contributed by atoms with Crippen molar-refractivity contribution in [3.63, 3.8) is 0 Å². The largest absolute Gasteiger partial charge is 0.459 e. The van der Waals surface area contributed by atoms with Crippen LogP contribution in [0.25, 0.3) is 0 Å². The number of hydrogen-bond acceptors (Lipinski definition) is 3. The summed E-state index contributed by atoms with van der Waals surface area (Å²) in [5.74, 6) is -0.923. The van der Waals surface area contributed by atoms with Crippen LogP contribution in [-0.4, -0.2) is 17.4 Å². The van der Waals surface area contributed by atoms with E-state index >= 15 is 0 Å². The first-order chi connectivity index (χ1) is 8.52. The molecular formula is C16H28O3. The third kappa shape index (κ3) is 4.96. The lowest BCUT2D eigenvalue weighted by Crippen LogP contribution is -2.36. The Labute approximate surface area is 117 Å². The Balaban J connectivity index is 2.56. The SMILES string of the molecule is CC(C(=O)OC(C)(C)C)C(=O)C1CCC(C)(C)CC1. The van der Waals surface area contributed by atoms with E-state index in [9.17, 15) is 9.59 Å². The molecule has 0 aromatic heterocycles. The number of rotatable bonds is 3. The first-order valence-electron chi connectivity index (χ1n) is 7.28. The van der Waals surface area contributed by atoms with Gasteiger partial charge in [-0.25, -0.2) is 0 Å². The normalized spacial score (nSPS) is 21.8. The Morgan fingerprint density at radius 3 is 2.05 bits per heavy atom. The molecule has 0 aliphatic heterocycles. The van der Waals surface area contributed by atoms with Crippen molar-refractivity contribution in [3.05, 3.63) is 0 Å². The van der Waals surface area contributed by atoms with Gasteiger partial charge < -0.3 is 4.74 Å². The molecule has 19 heavy (non-hydrogen) atoms. The smallest absolute Gasteiger partial charge is 0.316 e. The van der Waals surface area contributed by atoms with Gasteiger partial charge in [-0.1, -0.05) is 13.8 Å². The molecule has 0 spiro atoms. The fourth-order valence-electron chi connectivity index (χ4n) is 2.54. The van der Waals surface area contributed by atoms with Gasteiger partial charge in [0.2, 0.25) is 0 Å². The topological polar surface area (TPSA) is 43.4 Å². The van der Waals surface area contributed by atoms with E-state index in [1.165, 1.54) is 0 Å². The van der Waals surface area contributed by atoms with E-state index in [0.29, 0.717) is 5.41 Å². The number of carbonyl (C=O) groups is 2. The molecule has 1 atom stereocenters. The van der Waals surface area contributed by atoms with Crippen LogP contribution in [0.4, 0.5) is 0 Å². The zero-order valence-corrected chi connectivity index (χ0v) is 13.2. The zero-order chi connectivity index (χ0) is 14.8. The highest BCUT2D eigenvalue weighted by atomic mass is 16.6. The Morgan fingerprint density at radius 1 is 1.16 bits per heavy atom. The Bertz CT molecular complexity index is 339. The number of carbonyl (C=O) groups excluding carboxylic acids is 2. The van der Waals surface area contributed by atoms with Gasteiger partial charge in [-0.15, -0.1) is 0 Å². The Morgan fingerprint density at radius 2 is 1.63 bits per heavy atom. The maximum absolute atomic E-state index is 12.3. The number of Topliss-reactive ketones (excluding diaryl/α,β-unsaturated/α-hetero) is 1. The number of ketones is 1. The van der Waals surface area contributed by atoms with Crippen LogP contribution < -0.4 is 0 Å². The molecule has 1 aliphatic carbocycles. The van der Waals surface area contributed by atoms with Gasteiger partial charge in [0.15, 0.2) is 0 Å². The van der Waals surface area contributed by atoms with Crippen LogP contribution in [0.2, 0.25) is 0 Å². The van der Waals surface area contributed by atoms with Gasteiger partial charge in [0.25, 0.3) is 0 Å². The van der Waals surface area contributed by atoms with Gasteiger partial charge in [0, 0.05) is 5.92 Å². The number of esters is 1. The van der Waals surface area contributed by atoms with E-state index in [1.807, 2.05) is 20.8 Å². The Hall–Kier alpha value is -0.860. The summed E-state index contributed by atoms with van der Waals surface area (Å²) in [5.41, 5.74) is -0.188. The van der Waals surface area contributed by atoms with Crippen molar-refractivity contribution < 1.29 is 14.3 Å². The highest BCUT2D eigenvalue weighted by molar-refractivity contribution is 5.99. The molecule has 1 rings (SSSR count). The van der Waals surface area contributed by atoms with Gasteiger partial charge in [-0.3, -0.25) is 9.59 Å². The molecule has 0 aromatic carbocycles. The molecule has 3 heteroatoms. The third-order valence-corrected chi connectivity index (χ3v) is 3.93. The highest BCUT2D eigenvalue weighted by Crippen LogP contribution is 2.39. The van der Waals surface area contributed by atoms with Gasteiger partial charge in [0.1, 0.15) is 17.3 Å². The minimum absolute atomic E-state index is 0.0375. The summed E-state index contributed by atoms with van der Waals surface area (Å²) in [6, 6.07) is 0. The fraction of sp³-hybridized carbons (Fsp3) is 0.875. The van der Waals surface area contributed by atoms with Gasteiger partial charge in [0.05, 0.1) is 0 Å². The second-order valence-electron chi connectivity index (χ2n) is 7.60.